The smallest absolute Gasteiger partial charge is 0.00489 e. The predicted molar refractivity (Wildman–Crippen MR) is 41.2 cm³/mol. The fourth-order valence-corrected chi connectivity index (χ4v) is 0.979. The van der Waals surface area contributed by atoms with Gasteiger partial charge in [0.15, 0.2) is 0 Å². The van der Waals surface area contributed by atoms with Gasteiger partial charge in [-0.2, -0.15) is 0 Å². The third-order valence-electron chi connectivity index (χ3n) is 1.46. The first kappa shape index (κ1) is 8.52. The third-order valence-corrected chi connectivity index (χ3v) is 1.46. The van der Waals surface area contributed by atoms with E-state index in [2.05, 4.69) is 18.2 Å². The summed E-state index contributed by atoms with van der Waals surface area (Å²) in [7, 11) is 0. The predicted octanol–water partition coefficient (Wildman–Crippen LogP) is 1.40. The Labute approximate surface area is 57.8 Å². The van der Waals surface area contributed by atoms with Crippen LogP contribution in [0.25, 0.3) is 0 Å². The largest absolute Gasteiger partial charge is 0.317 e. The zero-order chi connectivity index (χ0) is 6.95. The summed E-state index contributed by atoms with van der Waals surface area (Å²) in [4.78, 5) is 0. The summed E-state index contributed by atoms with van der Waals surface area (Å²) in [6, 6.07) is 0. The zero-order valence-electron chi connectivity index (χ0n) is 5.90. The molecule has 0 aliphatic carbocycles. The summed E-state index contributed by atoms with van der Waals surface area (Å²) in [5, 5.41) is 3.35. The van der Waals surface area contributed by atoms with Gasteiger partial charge in [0.05, 0.1) is 0 Å². The van der Waals surface area contributed by atoms with Crippen molar-refractivity contribution < 1.29 is 0 Å². The molecule has 0 unspecified atom stereocenters. The number of nitrogens with one attached hydrogen (secondary N) is 1. The first-order chi connectivity index (χ1) is 4.50. The van der Waals surface area contributed by atoms with Crippen LogP contribution < -0.4 is 5.32 Å². The molecule has 1 heterocycles. The van der Waals surface area contributed by atoms with E-state index >= 15 is 0 Å². The lowest BCUT2D eigenvalue weighted by molar-refractivity contribution is 0.702. The summed E-state index contributed by atoms with van der Waals surface area (Å²) in [6.07, 6.45) is 13.7. The highest BCUT2D eigenvalue weighted by molar-refractivity contribution is 4.54. The van der Waals surface area contributed by atoms with E-state index in [1.165, 1.54) is 38.8 Å². The van der Waals surface area contributed by atoms with Crippen LogP contribution >= 0.6 is 0 Å². The van der Waals surface area contributed by atoms with E-state index in [9.17, 15) is 0 Å². The van der Waals surface area contributed by atoms with Crippen molar-refractivity contribution >= 4 is 0 Å². The maximum absolute atomic E-state index is 4.00. The second kappa shape index (κ2) is 7.52. The van der Waals surface area contributed by atoms with E-state index < -0.39 is 0 Å². The Morgan fingerprint density at radius 1 is 0.778 bits per heavy atom. The molecule has 52 valence electrons. The van der Waals surface area contributed by atoms with Crippen LogP contribution in [0.2, 0.25) is 0 Å². The Balaban J connectivity index is 0.000000291. The molecule has 0 aromatic heterocycles. The first-order valence-corrected chi connectivity index (χ1v) is 3.54. The monoisotopic (exact) mass is 125 g/mol. The molecule has 1 heteroatoms. The Bertz CT molecular complexity index is 46.6. The Kier molecular flexibility index (Phi) is 7.12. The van der Waals surface area contributed by atoms with Crippen LogP contribution in [-0.4, -0.2) is 13.1 Å². The summed E-state index contributed by atoms with van der Waals surface area (Å²) in [5.74, 6) is 0. The Morgan fingerprint density at radius 2 is 1.22 bits per heavy atom. The molecular formula is C8H15N. The number of terminal acetylenes is 1. The van der Waals surface area contributed by atoms with Gasteiger partial charge >= 0.3 is 0 Å². The SMILES string of the molecule is C#C.C1CCCNCC1. The minimum atomic E-state index is 1.25. The lowest BCUT2D eigenvalue weighted by Crippen LogP contribution is -2.12. The minimum Gasteiger partial charge on any atom is -0.317 e. The molecule has 1 rings (SSSR count). The average Bonchev–Trinajstić information content (AvgIpc) is 2.21. The molecule has 1 nitrogen and oxygen atoms in total. The summed E-state index contributed by atoms with van der Waals surface area (Å²) in [5.41, 5.74) is 0. The van der Waals surface area contributed by atoms with E-state index in [0.717, 1.165) is 0 Å². The number of hydrogen-bond donors (Lipinski definition) is 1. The van der Waals surface area contributed by atoms with E-state index in [-0.39, 0.29) is 0 Å². The second-order valence-corrected chi connectivity index (χ2v) is 2.16. The zero-order valence-corrected chi connectivity index (χ0v) is 5.90. The molecule has 0 aromatic rings. The molecule has 1 aliphatic rings. The van der Waals surface area contributed by atoms with Crippen LogP contribution in [0.3, 0.4) is 0 Å². The van der Waals surface area contributed by atoms with Gasteiger partial charge < -0.3 is 5.32 Å². The van der Waals surface area contributed by atoms with Gasteiger partial charge in [-0.3, -0.25) is 0 Å². The molecule has 0 radical (unpaired) electrons. The van der Waals surface area contributed by atoms with E-state index in [1.807, 2.05) is 0 Å². The quantitative estimate of drug-likeness (QED) is 0.482. The Morgan fingerprint density at radius 3 is 1.67 bits per heavy atom. The minimum absolute atomic E-state index is 1.25. The molecule has 1 fully saturated rings. The van der Waals surface area contributed by atoms with E-state index in [4.69, 9.17) is 0 Å². The summed E-state index contributed by atoms with van der Waals surface area (Å²) in [6.45, 7) is 2.50. The van der Waals surface area contributed by atoms with Crippen molar-refractivity contribution in [3.05, 3.63) is 0 Å². The van der Waals surface area contributed by atoms with Crippen LogP contribution in [0, 0.1) is 12.8 Å². The molecule has 0 atom stereocenters. The van der Waals surface area contributed by atoms with Crippen molar-refractivity contribution in [2.45, 2.75) is 25.7 Å². The van der Waals surface area contributed by atoms with Crippen molar-refractivity contribution in [1.29, 1.82) is 0 Å². The van der Waals surface area contributed by atoms with Crippen LogP contribution in [0.1, 0.15) is 25.7 Å². The van der Waals surface area contributed by atoms with Gasteiger partial charge in [0.2, 0.25) is 0 Å². The normalized spacial score (nSPS) is 18.9. The van der Waals surface area contributed by atoms with Crippen LogP contribution in [-0.2, 0) is 0 Å². The molecule has 1 saturated heterocycles. The number of rotatable bonds is 0. The summed E-state index contributed by atoms with van der Waals surface area (Å²) < 4.78 is 0. The van der Waals surface area contributed by atoms with Gasteiger partial charge in [-0.05, 0) is 25.9 Å². The molecule has 0 aromatic carbocycles. The molecule has 9 heavy (non-hydrogen) atoms. The fraction of sp³-hybridized carbons (Fsp3) is 0.750. The fourth-order valence-electron chi connectivity index (χ4n) is 0.979. The van der Waals surface area contributed by atoms with Gasteiger partial charge in [0.1, 0.15) is 0 Å². The number of hydrogen-bond acceptors (Lipinski definition) is 1. The van der Waals surface area contributed by atoms with Gasteiger partial charge in [-0.15, -0.1) is 12.8 Å². The van der Waals surface area contributed by atoms with Gasteiger partial charge in [0.25, 0.3) is 0 Å². The van der Waals surface area contributed by atoms with Crippen molar-refractivity contribution in [3.63, 3.8) is 0 Å². The Hall–Kier alpha value is -0.480. The molecule has 1 N–H and O–H groups in total. The molecule has 1 aliphatic heterocycles. The highest BCUT2D eigenvalue weighted by atomic mass is 14.8. The van der Waals surface area contributed by atoms with Crippen molar-refractivity contribution in [1.82, 2.24) is 5.32 Å². The van der Waals surface area contributed by atoms with Crippen LogP contribution in [0.15, 0.2) is 0 Å². The van der Waals surface area contributed by atoms with Gasteiger partial charge in [-0.25, -0.2) is 0 Å². The van der Waals surface area contributed by atoms with E-state index in [1.54, 1.807) is 0 Å². The maximum Gasteiger partial charge on any atom is -0.00489 e. The molecule has 0 spiro atoms. The molecule has 0 amide bonds. The molecule has 0 saturated carbocycles. The molecular weight excluding hydrogens is 110 g/mol. The van der Waals surface area contributed by atoms with Crippen molar-refractivity contribution in [2.75, 3.05) is 13.1 Å². The highest BCUT2D eigenvalue weighted by Gasteiger charge is 1.94. The lowest BCUT2D eigenvalue weighted by Gasteiger charge is -1.91. The van der Waals surface area contributed by atoms with Gasteiger partial charge in [0, 0.05) is 0 Å². The first-order valence-electron chi connectivity index (χ1n) is 3.54. The van der Waals surface area contributed by atoms with Crippen molar-refractivity contribution in [2.24, 2.45) is 0 Å². The standard InChI is InChI=1S/C6H13N.C2H2/c1-2-4-6-7-5-3-1;1-2/h7H,1-6H2;1-2H. The average molecular weight is 125 g/mol. The molecule has 0 bridgehead atoms. The topological polar surface area (TPSA) is 12.0 Å². The lowest BCUT2D eigenvalue weighted by atomic mass is 10.2. The van der Waals surface area contributed by atoms with Gasteiger partial charge in [-0.1, -0.05) is 12.8 Å². The highest BCUT2D eigenvalue weighted by Crippen LogP contribution is 2.00. The van der Waals surface area contributed by atoms with Crippen LogP contribution in [0.4, 0.5) is 0 Å². The summed E-state index contributed by atoms with van der Waals surface area (Å²) >= 11 is 0. The third kappa shape index (κ3) is 5.39. The van der Waals surface area contributed by atoms with Crippen LogP contribution in [0.5, 0.6) is 0 Å². The van der Waals surface area contributed by atoms with E-state index in [0.29, 0.717) is 0 Å². The maximum atomic E-state index is 4.00. The second-order valence-electron chi connectivity index (χ2n) is 2.16. The van der Waals surface area contributed by atoms with Crippen molar-refractivity contribution in [3.8, 4) is 12.8 Å².